The Labute approximate surface area is 166 Å². The van der Waals surface area contributed by atoms with Gasteiger partial charge in [-0.25, -0.2) is 4.98 Å². The Hall–Kier alpha value is -3.67. The van der Waals surface area contributed by atoms with Gasteiger partial charge in [0.1, 0.15) is 5.75 Å². The lowest BCUT2D eigenvalue weighted by molar-refractivity contribution is 0.0972. The van der Waals surface area contributed by atoms with Crippen molar-refractivity contribution in [1.29, 1.82) is 0 Å². The second kappa shape index (κ2) is 6.74. The number of nitrogens with one attached hydrogen (secondary N) is 1. The zero-order valence-corrected chi connectivity index (χ0v) is 15.8. The van der Waals surface area contributed by atoms with Crippen molar-refractivity contribution >= 4 is 16.7 Å². The molecule has 0 saturated heterocycles. The Bertz CT molecular complexity index is 1300. The fourth-order valence-corrected chi connectivity index (χ4v) is 3.94. The zero-order valence-electron chi connectivity index (χ0n) is 15.8. The first-order valence-corrected chi connectivity index (χ1v) is 9.44. The Kier molecular flexibility index (Phi) is 4.05. The Morgan fingerprint density at radius 1 is 1.07 bits per heavy atom. The maximum Gasteiger partial charge on any atom is 0.190 e. The smallest absolute Gasteiger partial charge is 0.190 e. The number of oxazole rings is 1. The maximum absolute atomic E-state index is 12.9. The van der Waals surface area contributed by atoms with E-state index in [1.54, 1.807) is 31.5 Å². The van der Waals surface area contributed by atoms with Crippen molar-refractivity contribution in [2.24, 2.45) is 0 Å². The molecule has 0 bridgehead atoms. The van der Waals surface area contributed by atoms with Crippen molar-refractivity contribution in [2.75, 3.05) is 7.11 Å². The first kappa shape index (κ1) is 17.4. The second-order valence-corrected chi connectivity index (χ2v) is 7.16. The second-order valence-electron chi connectivity index (χ2n) is 7.16. The number of nitrogens with zero attached hydrogens (tertiary/aromatic N) is 1. The Morgan fingerprint density at radius 2 is 1.97 bits per heavy atom. The molecular formula is C23H18N2O4. The number of pyridine rings is 1. The molecule has 0 amide bonds. The van der Waals surface area contributed by atoms with Gasteiger partial charge in [0.15, 0.2) is 23.4 Å². The molecule has 2 heterocycles. The highest BCUT2D eigenvalue weighted by Gasteiger charge is 2.18. The van der Waals surface area contributed by atoms with Gasteiger partial charge in [0.2, 0.25) is 0 Å². The molecule has 1 aliphatic rings. The van der Waals surface area contributed by atoms with E-state index in [-0.39, 0.29) is 11.2 Å². The van der Waals surface area contributed by atoms with E-state index in [4.69, 9.17) is 9.15 Å². The summed E-state index contributed by atoms with van der Waals surface area (Å²) in [6.45, 7) is 0. The van der Waals surface area contributed by atoms with Gasteiger partial charge in [0, 0.05) is 35.2 Å². The number of aromatic amines is 1. The van der Waals surface area contributed by atoms with Crippen LogP contribution >= 0.6 is 0 Å². The van der Waals surface area contributed by atoms with Crippen molar-refractivity contribution in [1.82, 2.24) is 9.97 Å². The first-order chi connectivity index (χ1) is 14.1. The van der Waals surface area contributed by atoms with Gasteiger partial charge in [0.25, 0.3) is 0 Å². The van der Waals surface area contributed by atoms with Crippen molar-refractivity contribution < 1.29 is 13.9 Å². The van der Waals surface area contributed by atoms with Gasteiger partial charge < -0.3 is 14.1 Å². The molecule has 2 aromatic heterocycles. The van der Waals surface area contributed by atoms with Crippen LogP contribution in [0.1, 0.15) is 28.8 Å². The molecule has 0 atom stereocenters. The van der Waals surface area contributed by atoms with Crippen LogP contribution in [0.25, 0.3) is 33.5 Å². The van der Waals surface area contributed by atoms with Crippen LogP contribution in [0.4, 0.5) is 0 Å². The fourth-order valence-electron chi connectivity index (χ4n) is 3.94. The Morgan fingerprint density at radius 3 is 2.76 bits per heavy atom. The molecular weight excluding hydrogens is 368 g/mol. The topological polar surface area (TPSA) is 85.2 Å². The van der Waals surface area contributed by atoms with E-state index in [0.29, 0.717) is 40.1 Å². The lowest BCUT2D eigenvalue weighted by Gasteiger charge is -2.16. The lowest BCUT2D eigenvalue weighted by Crippen LogP contribution is -2.11. The number of rotatable bonds is 3. The van der Waals surface area contributed by atoms with Gasteiger partial charge in [0.05, 0.1) is 24.4 Å². The number of fused-ring (bicyclic) bond motifs is 2. The molecule has 1 aliphatic carbocycles. The summed E-state index contributed by atoms with van der Waals surface area (Å²) in [5.74, 6) is 1.26. The normalized spacial score (nSPS) is 13.5. The summed E-state index contributed by atoms with van der Waals surface area (Å²) in [5, 5.41) is 0.523. The highest BCUT2D eigenvalue weighted by molar-refractivity contribution is 5.99. The minimum atomic E-state index is -0.124. The van der Waals surface area contributed by atoms with Gasteiger partial charge >= 0.3 is 0 Å². The van der Waals surface area contributed by atoms with Crippen molar-refractivity contribution in [3.05, 3.63) is 70.3 Å². The number of ketones is 1. The summed E-state index contributed by atoms with van der Waals surface area (Å²) >= 11 is 0. The average Bonchev–Trinajstić information content (AvgIpc) is 3.27. The predicted octanol–water partition coefficient (Wildman–Crippen LogP) is 4.38. The maximum atomic E-state index is 12.9. The van der Waals surface area contributed by atoms with Gasteiger partial charge in [-0.15, -0.1) is 0 Å². The molecule has 29 heavy (non-hydrogen) atoms. The van der Waals surface area contributed by atoms with Crippen LogP contribution in [0.5, 0.6) is 5.75 Å². The number of aryl methyl sites for hydroxylation is 1. The van der Waals surface area contributed by atoms with E-state index in [1.807, 2.05) is 18.2 Å². The highest BCUT2D eigenvalue weighted by atomic mass is 16.5. The van der Waals surface area contributed by atoms with Crippen LogP contribution in [-0.4, -0.2) is 22.9 Å². The summed E-state index contributed by atoms with van der Waals surface area (Å²) in [7, 11) is 1.57. The number of ether oxygens (including phenoxy) is 1. The largest absolute Gasteiger partial charge is 0.496 e. The number of methoxy groups -OCH3 is 1. The van der Waals surface area contributed by atoms with Crippen LogP contribution in [0.3, 0.4) is 0 Å². The number of H-pyrrole nitrogens is 1. The SMILES string of the molecule is COc1cc2[nH]c(-c3ccc4c(c3)C(=O)CCC4)cc(=O)c2cc1-c1cnco1. The zero-order chi connectivity index (χ0) is 20.0. The molecule has 5 rings (SSSR count). The highest BCUT2D eigenvalue weighted by Crippen LogP contribution is 2.33. The minimum absolute atomic E-state index is 0.124. The molecule has 0 saturated carbocycles. The number of hydrogen-bond acceptors (Lipinski definition) is 5. The molecule has 0 unspecified atom stereocenters. The molecule has 1 N–H and O–H groups in total. The fraction of sp³-hybridized carbons (Fsp3) is 0.174. The first-order valence-electron chi connectivity index (χ1n) is 9.44. The van der Waals surface area contributed by atoms with E-state index in [0.717, 1.165) is 29.5 Å². The molecule has 0 fully saturated rings. The molecule has 144 valence electrons. The molecule has 6 heteroatoms. The lowest BCUT2D eigenvalue weighted by atomic mass is 9.89. The third kappa shape index (κ3) is 2.93. The van der Waals surface area contributed by atoms with E-state index in [1.165, 1.54) is 6.39 Å². The van der Waals surface area contributed by atoms with E-state index in [9.17, 15) is 9.59 Å². The third-order valence-electron chi connectivity index (χ3n) is 5.42. The number of Topliss-reactive ketones (excluding diaryl/α,β-unsaturated/α-hetero) is 1. The third-order valence-corrected chi connectivity index (χ3v) is 5.42. The van der Waals surface area contributed by atoms with Gasteiger partial charge in [-0.1, -0.05) is 12.1 Å². The van der Waals surface area contributed by atoms with Crippen molar-refractivity contribution in [3.8, 4) is 28.3 Å². The predicted molar refractivity (Wildman–Crippen MR) is 109 cm³/mol. The molecule has 0 aliphatic heterocycles. The molecule has 2 aromatic carbocycles. The molecule has 4 aromatic rings. The summed E-state index contributed by atoms with van der Waals surface area (Å²) in [5.41, 5.74) is 4.50. The van der Waals surface area contributed by atoms with Crippen molar-refractivity contribution in [3.63, 3.8) is 0 Å². The van der Waals surface area contributed by atoms with Crippen LogP contribution in [0.2, 0.25) is 0 Å². The summed E-state index contributed by atoms with van der Waals surface area (Å²) < 4.78 is 10.9. The quantitative estimate of drug-likeness (QED) is 0.565. The van der Waals surface area contributed by atoms with Crippen LogP contribution < -0.4 is 10.2 Å². The van der Waals surface area contributed by atoms with E-state index < -0.39 is 0 Å². The number of aromatic nitrogens is 2. The van der Waals surface area contributed by atoms with Gasteiger partial charge in [-0.2, -0.15) is 0 Å². The standard InChI is InChI=1S/C23H18N2O4/c1-28-22-10-19-16(8-17(22)23-11-24-12-29-23)21(27)9-18(25-19)14-6-5-13-3-2-4-20(26)15(13)7-14/h5-12H,2-4H2,1H3,(H,25,27). The van der Waals surface area contributed by atoms with E-state index in [2.05, 4.69) is 9.97 Å². The number of carbonyl (C=O) groups excluding carboxylic acids is 1. The number of benzene rings is 2. The van der Waals surface area contributed by atoms with Gasteiger partial charge in [-0.05, 0) is 36.1 Å². The van der Waals surface area contributed by atoms with Crippen molar-refractivity contribution in [2.45, 2.75) is 19.3 Å². The van der Waals surface area contributed by atoms with Crippen LogP contribution in [0.15, 0.2) is 58.2 Å². The number of hydrogen-bond donors (Lipinski definition) is 1. The van der Waals surface area contributed by atoms with E-state index >= 15 is 0 Å². The van der Waals surface area contributed by atoms with Crippen LogP contribution in [-0.2, 0) is 6.42 Å². The molecule has 0 spiro atoms. The molecule has 0 radical (unpaired) electrons. The van der Waals surface area contributed by atoms with Gasteiger partial charge in [-0.3, -0.25) is 9.59 Å². The number of carbonyl (C=O) groups is 1. The van der Waals surface area contributed by atoms with Crippen LogP contribution in [0, 0.1) is 0 Å². The average molecular weight is 386 g/mol. The molecule has 6 nitrogen and oxygen atoms in total. The minimum Gasteiger partial charge on any atom is -0.496 e. The monoisotopic (exact) mass is 386 g/mol. The Balaban J connectivity index is 1.67. The summed E-state index contributed by atoms with van der Waals surface area (Å²) in [6.07, 6.45) is 5.30. The summed E-state index contributed by atoms with van der Waals surface area (Å²) in [4.78, 5) is 32.4. The summed E-state index contributed by atoms with van der Waals surface area (Å²) in [6, 6.07) is 10.9.